The maximum Gasteiger partial charge on any atom is 0.264 e. The van der Waals surface area contributed by atoms with E-state index in [4.69, 9.17) is 0 Å². The van der Waals surface area contributed by atoms with Crippen LogP contribution in [0, 0.1) is 12.7 Å². The van der Waals surface area contributed by atoms with Crippen LogP contribution in [0.3, 0.4) is 0 Å². The molecule has 1 aliphatic heterocycles. The topological polar surface area (TPSA) is 33.2 Å². The first kappa shape index (κ1) is 15.0. The Bertz CT molecular complexity index is 1030. The van der Waals surface area contributed by atoms with Crippen molar-refractivity contribution in [2.75, 3.05) is 4.90 Å². The van der Waals surface area contributed by atoms with Gasteiger partial charge in [-0.15, -0.1) is 0 Å². The molecule has 0 fully saturated rings. The first-order chi connectivity index (χ1) is 11.5. The van der Waals surface area contributed by atoms with Crippen molar-refractivity contribution in [3.63, 3.8) is 0 Å². The molecule has 0 atom stereocenters. The van der Waals surface area contributed by atoms with E-state index >= 15 is 0 Å². The Kier molecular flexibility index (Phi) is 3.28. The van der Waals surface area contributed by atoms with Crippen LogP contribution in [-0.4, -0.2) is 10.9 Å². The lowest BCUT2D eigenvalue weighted by Gasteiger charge is -2.17. The number of halogens is 2. The Hall–Kier alpha value is -2.53. The molecule has 24 heavy (non-hydrogen) atoms. The summed E-state index contributed by atoms with van der Waals surface area (Å²) in [5.41, 5.74) is 4.00. The van der Waals surface area contributed by atoms with Gasteiger partial charge in [-0.3, -0.25) is 14.7 Å². The van der Waals surface area contributed by atoms with Gasteiger partial charge in [0.25, 0.3) is 5.91 Å². The molecule has 0 spiro atoms. The van der Waals surface area contributed by atoms with Crippen LogP contribution in [0.25, 0.3) is 16.6 Å². The minimum atomic E-state index is -0.347. The minimum absolute atomic E-state index is 0.171. The Morgan fingerprint density at radius 1 is 1.12 bits per heavy atom. The summed E-state index contributed by atoms with van der Waals surface area (Å²) in [4.78, 5) is 19.2. The third-order valence-corrected chi connectivity index (χ3v) is 4.68. The molecule has 2 aromatic carbocycles. The third kappa shape index (κ3) is 2.08. The highest BCUT2D eigenvalue weighted by molar-refractivity contribution is 9.10. The summed E-state index contributed by atoms with van der Waals surface area (Å²) in [7, 11) is 0. The van der Waals surface area contributed by atoms with Crippen LogP contribution in [0.4, 0.5) is 10.1 Å². The van der Waals surface area contributed by atoms with Gasteiger partial charge in [-0.05, 0) is 49.4 Å². The molecule has 0 N–H and O–H groups in total. The average Bonchev–Trinajstić information content (AvgIpc) is 2.81. The lowest BCUT2D eigenvalue weighted by atomic mass is 10.0. The fourth-order valence-corrected chi connectivity index (χ4v) is 3.50. The van der Waals surface area contributed by atoms with Crippen LogP contribution in [0.2, 0.25) is 0 Å². The second-order valence-electron chi connectivity index (χ2n) is 5.67. The van der Waals surface area contributed by atoms with Gasteiger partial charge in [0.2, 0.25) is 0 Å². The van der Waals surface area contributed by atoms with Crippen LogP contribution in [0.15, 0.2) is 53.5 Å². The summed E-state index contributed by atoms with van der Waals surface area (Å²) in [5, 5.41) is 0.778. The van der Waals surface area contributed by atoms with Gasteiger partial charge >= 0.3 is 0 Å². The summed E-state index contributed by atoms with van der Waals surface area (Å²) < 4.78 is 14.1. The van der Waals surface area contributed by atoms with E-state index in [2.05, 4.69) is 27.5 Å². The van der Waals surface area contributed by atoms with Gasteiger partial charge < -0.3 is 0 Å². The number of carbonyl (C=O) groups is 1. The molecule has 4 rings (SSSR count). The number of aryl methyl sites for hydroxylation is 1. The molecule has 0 saturated heterocycles. The van der Waals surface area contributed by atoms with Crippen LogP contribution < -0.4 is 4.90 Å². The normalized spacial score (nSPS) is 13.7. The van der Waals surface area contributed by atoms with Gasteiger partial charge in [-0.2, -0.15) is 0 Å². The monoisotopic (exact) mass is 382 g/mol. The van der Waals surface area contributed by atoms with Gasteiger partial charge in [-0.1, -0.05) is 22.5 Å². The van der Waals surface area contributed by atoms with E-state index in [0.29, 0.717) is 16.9 Å². The number of anilines is 1. The number of hydrogen-bond acceptors (Lipinski definition) is 2. The molecule has 0 aliphatic carbocycles. The zero-order valence-corrected chi connectivity index (χ0v) is 14.4. The second kappa shape index (κ2) is 5.24. The first-order valence-electron chi connectivity index (χ1n) is 7.36. The number of benzene rings is 2. The summed E-state index contributed by atoms with van der Waals surface area (Å²) in [6.07, 6.45) is 0. The number of fused-ring (bicyclic) bond motifs is 3. The third-order valence-electron chi connectivity index (χ3n) is 4.19. The number of nitrogens with zero attached hydrogens (tertiary/aromatic N) is 2. The highest BCUT2D eigenvalue weighted by Gasteiger charge is 2.35. The Morgan fingerprint density at radius 3 is 2.54 bits per heavy atom. The largest absolute Gasteiger partial charge is 0.277 e. The molecule has 2 heterocycles. The fourth-order valence-electron chi connectivity index (χ4n) is 3.14. The molecule has 1 aliphatic rings. The van der Waals surface area contributed by atoms with Gasteiger partial charge in [0.1, 0.15) is 5.82 Å². The highest BCUT2D eigenvalue weighted by Crippen LogP contribution is 2.40. The molecule has 0 bridgehead atoms. The Labute approximate surface area is 146 Å². The van der Waals surface area contributed by atoms with Crippen LogP contribution >= 0.6 is 15.9 Å². The van der Waals surface area contributed by atoms with Crippen molar-refractivity contribution in [3.8, 4) is 0 Å². The highest BCUT2D eigenvalue weighted by atomic mass is 79.9. The molecular formula is C19H12BrFN2O. The predicted octanol–water partition coefficient (Wildman–Crippen LogP) is 5.08. The molecule has 1 aromatic heterocycles. The number of pyridine rings is 1. The molecule has 3 aromatic rings. The Balaban J connectivity index is 1.98. The molecule has 3 nitrogen and oxygen atoms in total. The summed E-state index contributed by atoms with van der Waals surface area (Å²) >= 11 is 3.45. The average molecular weight is 383 g/mol. The number of hydrogen-bond donors (Lipinski definition) is 0. The Morgan fingerprint density at radius 2 is 1.83 bits per heavy atom. The van der Waals surface area contributed by atoms with E-state index < -0.39 is 0 Å². The molecular weight excluding hydrogens is 371 g/mol. The van der Waals surface area contributed by atoms with E-state index in [0.717, 1.165) is 26.6 Å². The molecule has 0 unspecified atom stereocenters. The van der Waals surface area contributed by atoms with E-state index in [1.54, 1.807) is 12.1 Å². The van der Waals surface area contributed by atoms with Gasteiger partial charge in [0, 0.05) is 26.8 Å². The van der Waals surface area contributed by atoms with Crippen molar-refractivity contribution in [1.82, 2.24) is 4.98 Å². The van der Waals surface area contributed by atoms with E-state index in [9.17, 15) is 9.18 Å². The second-order valence-corrected chi connectivity index (χ2v) is 6.59. The van der Waals surface area contributed by atoms with Crippen LogP contribution in [-0.2, 0) is 0 Å². The first-order valence-corrected chi connectivity index (χ1v) is 8.16. The summed E-state index contributed by atoms with van der Waals surface area (Å²) in [6, 6.07) is 11.5. The van der Waals surface area contributed by atoms with Crippen molar-refractivity contribution in [2.24, 2.45) is 0 Å². The zero-order chi connectivity index (χ0) is 17.0. The van der Waals surface area contributed by atoms with E-state index in [1.165, 1.54) is 17.0 Å². The number of carbonyl (C=O) groups excluding carboxylic acids is 1. The predicted molar refractivity (Wildman–Crippen MR) is 96.4 cm³/mol. The van der Waals surface area contributed by atoms with E-state index in [-0.39, 0.29) is 11.7 Å². The van der Waals surface area contributed by atoms with Crippen molar-refractivity contribution < 1.29 is 9.18 Å². The van der Waals surface area contributed by atoms with Crippen molar-refractivity contribution in [3.05, 3.63) is 76.2 Å². The van der Waals surface area contributed by atoms with Gasteiger partial charge in [0.05, 0.1) is 16.8 Å². The summed E-state index contributed by atoms with van der Waals surface area (Å²) in [5.74, 6) is -0.518. The number of rotatable bonds is 1. The van der Waals surface area contributed by atoms with Gasteiger partial charge in [-0.25, -0.2) is 4.39 Å². The standard InChI is InChI=1S/C19H12BrFN2O/c1-10-17-11(2)23(14-6-4-13(21)5-7-14)19(24)18(17)15-9-12(20)3-8-16(15)22-10/h3-9H,2H2,1H3. The quantitative estimate of drug-likeness (QED) is 0.588. The minimum Gasteiger partial charge on any atom is -0.277 e. The van der Waals surface area contributed by atoms with Crippen molar-refractivity contribution in [2.45, 2.75) is 6.92 Å². The van der Waals surface area contributed by atoms with Gasteiger partial charge in [0.15, 0.2) is 0 Å². The molecule has 5 heteroatoms. The lowest BCUT2D eigenvalue weighted by Crippen LogP contribution is -2.21. The molecule has 0 radical (unpaired) electrons. The van der Waals surface area contributed by atoms with Crippen LogP contribution in [0.5, 0.6) is 0 Å². The van der Waals surface area contributed by atoms with Crippen molar-refractivity contribution >= 4 is 44.1 Å². The van der Waals surface area contributed by atoms with E-state index in [1.807, 2.05) is 25.1 Å². The molecule has 118 valence electrons. The molecule has 1 amide bonds. The maximum absolute atomic E-state index is 13.2. The number of aromatic nitrogens is 1. The smallest absolute Gasteiger partial charge is 0.264 e. The SMILES string of the molecule is C=C1c2c(C)nc3ccc(Br)cc3c2C(=O)N1c1ccc(F)cc1. The zero-order valence-electron chi connectivity index (χ0n) is 12.8. The van der Waals surface area contributed by atoms with Crippen molar-refractivity contribution in [1.29, 1.82) is 0 Å². The molecule has 0 saturated carbocycles. The summed E-state index contributed by atoms with van der Waals surface area (Å²) in [6.45, 7) is 5.94. The number of amides is 1. The fraction of sp³-hybridized carbons (Fsp3) is 0.0526. The van der Waals surface area contributed by atoms with Crippen LogP contribution in [0.1, 0.15) is 21.6 Å². The maximum atomic E-state index is 13.2. The lowest BCUT2D eigenvalue weighted by molar-refractivity contribution is 0.101.